The number of rotatable bonds is 4. The van der Waals surface area contributed by atoms with Crippen LogP contribution < -0.4 is 11.1 Å². The maximum absolute atomic E-state index is 11.3. The van der Waals surface area contributed by atoms with Crippen LogP contribution in [0.2, 0.25) is 0 Å². The summed E-state index contributed by atoms with van der Waals surface area (Å²) >= 11 is 0. The molecule has 8 nitrogen and oxygen atoms in total. The van der Waals surface area contributed by atoms with E-state index in [0.717, 1.165) is 0 Å². The molecular formula is C10H15N5O3. The number of ether oxygens (including phenoxy) is 1. The second-order valence-corrected chi connectivity index (χ2v) is 3.91. The molecule has 1 saturated heterocycles. The number of esters is 1. The van der Waals surface area contributed by atoms with Crippen LogP contribution in [0.25, 0.3) is 0 Å². The van der Waals surface area contributed by atoms with E-state index >= 15 is 0 Å². The number of hydrogen-bond donors (Lipinski definition) is 2. The van der Waals surface area contributed by atoms with Crippen molar-refractivity contribution in [2.75, 3.05) is 32.5 Å². The number of amides is 2. The number of hydrogen-bond acceptors (Lipinski definition) is 5. The predicted octanol–water partition coefficient (Wildman–Crippen LogP) is -0.723. The molecule has 2 rings (SSSR count). The van der Waals surface area contributed by atoms with Gasteiger partial charge in [0, 0.05) is 25.8 Å². The lowest BCUT2D eigenvalue weighted by atomic mass is 10.4. The van der Waals surface area contributed by atoms with E-state index in [0.29, 0.717) is 26.2 Å². The first-order chi connectivity index (χ1) is 8.61. The Morgan fingerprint density at radius 3 is 3.00 bits per heavy atom. The zero-order valence-corrected chi connectivity index (χ0v) is 10.0. The van der Waals surface area contributed by atoms with Crippen LogP contribution in [-0.4, -0.2) is 53.4 Å². The average Bonchev–Trinajstić information content (AvgIpc) is 2.92. The second-order valence-electron chi connectivity index (χ2n) is 3.91. The van der Waals surface area contributed by atoms with E-state index in [1.807, 2.05) is 0 Å². The SMILES string of the molecule is COC(=O)c1nn(CCN2CCNC2=O)cc1N. The van der Waals surface area contributed by atoms with Gasteiger partial charge in [-0.2, -0.15) is 5.10 Å². The lowest BCUT2D eigenvalue weighted by Crippen LogP contribution is -2.31. The summed E-state index contributed by atoms with van der Waals surface area (Å²) in [5, 5.41) is 6.73. The molecule has 0 saturated carbocycles. The highest BCUT2D eigenvalue weighted by Gasteiger charge is 2.20. The number of nitrogens with one attached hydrogen (secondary N) is 1. The molecule has 1 aromatic rings. The Labute approximate surface area is 104 Å². The highest BCUT2D eigenvalue weighted by atomic mass is 16.5. The third kappa shape index (κ3) is 2.36. The van der Waals surface area contributed by atoms with Crippen molar-refractivity contribution in [2.45, 2.75) is 6.54 Å². The summed E-state index contributed by atoms with van der Waals surface area (Å²) in [5.41, 5.74) is 6.02. The summed E-state index contributed by atoms with van der Waals surface area (Å²) in [6.45, 7) is 2.34. The molecule has 0 radical (unpaired) electrons. The fourth-order valence-electron chi connectivity index (χ4n) is 1.75. The summed E-state index contributed by atoms with van der Waals surface area (Å²) in [6, 6.07) is -0.0803. The van der Waals surface area contributed by atoms with Crippen LogP contribution in [0.3, 0.4) is 0 Å². The van der Waals surface area contributed by atoms with Gasteiger partial charge in [-0.1, -0.05) is 0 Å². The first-order valence-electron chi connectivity index (χ1n) is 5.56. The molecule has 2 heterocycles. The Morgan fingerprint density at radius 2 is 2.39 bits per heavy atom. The molecule has 1 aromatic heterocycles. The van der Waals surface area contributed by atoms with E-state index in [4.69, 9.17) is 5.73 Å². The Kier molecular flexibility index (Phi) is 3.35. The number of urea groups is 1. The molecule has 18 heavy (non-hydrogen) atoms. The molecule has 0 bridgehead atoms. The van der Waals surface area contributed by atoms with Gasteiger partial charge < -0.3 is 20.7 Å². The number of aromatic nitrogens is 2. The largest absolute Gasteiger partial charge is 0.464 e. The van der Waals surface area contributed by atoms with Gasteiger partial charge in [-0.3, -0.25) is 4.68 Å². The Balaban J connectivity index is 1.98. The molecule has 0 unspecified atom stereocenters. The molecule has 98 valence electrons. The number of nitrogens with two attached hydrogens (primary N) is 1. The van der Waals surface area contributed by atoms with Crippen LogP contribution in [0.15, 0.2) is 6.20 Å². The van der Waals surface area contributed by atoms with Crippen molar-refractivity contribution in [3.05, 3.63) is 11.9 Å². The van der Waals surface area contributed by atoms with Gasteiger partial charge in [0.1, 0.15) is 0 Å². The van der Waals surface area contributed by atoms with Crippen molar-refractivity contribution in [3.8, 4) is 0 Å². The second kappa shape index (κ2) is 4.94. The molecule has 8 heteroatoms. The summed E-state index contributed by atoms with van der Waals surface area (Å²) in [6.07, 6.45) is 1.56. The van der Waals surface area contributed by atoms with Crippen LogP contribution in [0, 0.1) is 0 Å². The van der Waals surface area contributed by atoms with Gasteiger partial charge in [-0.15, -0.1) is 0 Å². The molecule has 0 atom stereocenters. The van der Waals surface area contributed by atoms with E-state index < -0.39 is 5.97 Å². The Bertz CT molecular complexity index is 470. The number of nitrogens with zero attached hydrogens (tertiary/aromatic N) is 3. The predicted molar refractivity (Wildman–Crippen MR) is 63.0 cm³/mol. The highest BCUT2D eigenvalue weighted by Crippen LogP contribution is 2.10. The quantitative estimate of drug-likeness (QED) is 0.689. The number of methoxy groups -OCH3 is 1. The van der Waals surface area contributed by atoms with Crippen LogP contribution in [-0.2, 0) is 11.3 Å². The maximum atomic E-state index is 11.3. The minimum absolute atomic E-state index is 0.0803. The zero-order chi connectivity index (χ0) is 13.1. The van der Waals surface area contributed by atoms with E-state index in [9.17, 15) is 9.59 Å². The summed E-state index contributed by atoms with van der Waals surface area (Å²) in [5.74, 6) is -0.565. The molecule has 0 aliphatic carbocycles. The minimum atomic E-state index is -0.565. The molecule has 1 fully saturated rings. The number of carbonyl (C=O) groups is 2. The molecule has 1 aliphatic heterocycles. The first kappa shape index (κ1) is 12.2. The normalized spacial score (nSPS) is 14.7. The third-order valence-corrected chi connectivity index (χ3v) is 2.71. The van der Waals surface area contributed by atoms with Crippen molar-refractivity contribution < 1.29 is 14.3 Å². The van der Waals surface area contributed by atoms with Crippen molar-refractivity contribution in [3.63, 3.8) is 0 Å². The van der Waals surface area contributed by atoms with Crippen LogP contribution in [0.1, 0.15) is 10.5 Å². The lowest BCUT2D eigenvalue weighted by molar-refractivity contribution is 0.0594. The maximum Gasteiger partial charge on any atom is 0.360 e. The fourth-order valence-corrected chi connectivity index (χ4v) is 1.75. The number of nitrogen functional groups attached to an aromatic ring is 1. The average molecular weight is 253 g/mol. The Morgan fingerprint density at radius 1 is 1.61 bits per heavy atom. The van der Waals surface area contributed by atoms with Gasteiger partial charge in [0.05, 0.1) is 19.3 Å². The molecular weight excluding hydrogens is 238 g/mol. The van der Waals surface area contributed by atoms with E-state index in [-0.39, 0.29) is 17.4 Å². The summed E-state index contributed by atoms with van der Waals surface area (Å²) in [4.78, 5) is 24.3. The minimum Gasteiger partial charge on any atom is -0.464 e. The van der Waals surface area contributed by atoms with Crippen molar-refractivity contribution >= 4 is 17.7 Å². The van der Waals surface area contributed by atoms with Gasteiger partial charge in [0.25, 0.3) is 0 Å². The van der Waals surface area contributed by atoms with Crippen molar-refractivity contribution in [1.82, 2.24) is 20.0 Å². The number of anilines is 1. The summed E-state index contributed by atoms with van der Waals surface area (Å²) < 4.78 is 6.09. The van der Waals surface area contributed by atoms with E-state index in [1.54, 1.807) is 11.1 Å². The molecule has 1 aliphatic rings. The van der Waals surface area contributed by atoms with E-state index in [2.05, 4.69) is 15.2 Å². The van der Waals surface area contributed by atoms with Crippen molar-refractivity contribution in [1.29, 1.82) is 0 Å². The van der Waals surface area contributed by atoms with Gasteiger partial charge in [0.15, 0.2) is 5.69 Å². The van der Waals surface area contributed by atoms with Gasteiger partial charge in [-0.05, 0) is 0 Å². The Hall–Kier alpha value is -2.25. The smallest absolute Gasteiger partial charge is 0.360 e. The third-order valence-electron chi connectivity index (χ3n) is 2.71. The van der Waals surface area contributed by atoms with E-state index in [1.165, 1.54) is 11.8 Å². The van der Waals surface area contributed by atoms with Gasteiger partial charge in [-0.25, -0.2) is 9.59 Å². The molecule has 2 amide bonds. The first-order valence-corrected chi connectivity index (χ1v) is 5.56. The monoisotopic (exact) mass is 253 g/mol. The van der Waals surface area contributed by atoms with Gasteiger partial charge >= 0.3 is 12.0 Å². The molecule has 0 aromatic carbocycles. The highest BCUT2D eigenvalue weighted by molar-refractivity contribution is 5.92. The van der Waals surface area contributed by atoms with Crippen molar-refractivity contribution in [2.24, 2.45) is 0 Å². The van der Waals surface area contributed by atoms with Crippen LogP contribution in [0.4, 0.5) is 10.5 Å². The van der Waals surface area contributed by atoms with Gasteiger partial charge in [0.2, 0.25) is 0 Å². The molecule has 3 N–H and O–H groups in total. The standard InChI is InChI=1S/C10H15N5O3/c1-18-9(16)8-7(11)6-15(13-8)5-4-14-3-2-12-10(14)17/h6H,2-5,11H2,1H3,(H,12,17). The zero-order valence-electron chi connectivity index (χ0n) is 10.0. The van der Waals surface area contributed by atoms with Crippen LogP contribution >= 0.6 is 0 Å². The number of carbonyl (C=O) groups excluding carboxylic acids is 2. The summed E-state index contributed by atoms with van der Waals surface area (Å²) in [7, 11) is 1.27. The lowest BCUT2D eigenvalue weighted by Gasteiger charge is -2.13. The van der Waals surface area contributed by atoms with Crippen LogP contribution in [0.5, 0.6) is 0 Å². The topological polar surface area (TPSA) is 102 Å². The molecule has 0 spiro atoms. The fraction of sp³-hybridized carbons (Fsp3) is 0.500.